The summed E-state index contributed by atoms with van der Waals surface area (Å²) in [7, 11) is 0. The zero-order chi connectivity index (χ0) is 14.8. The molecule has 3 aromatic carbocycles. The largest absolute Gasteiger partial charge is 0.248 e. The molecule has 0 aliphatic carbocycles. The summed E-state index contributed by atoms with van der Waals surface area (Å²) in [5.74, 6) is 0. The smallest absolute Gasteiger partial charge is 0.0817 e. The Morgan fingerprint density at radius 2 is 1.55 bits per heavy atom. The molecular formula is C18H8Cl2N2. The predicted molar refractivity (Wildman–Crippen MR) is 87.6 cm³/mol. The molecule has 22 heavy (non-hydrogen) atoms. The molecule has 0 N–H and O–H groups in total. The Hall–Kier alpha value is -2.16. The van der Waals surface area contributed by atoms with Gasteiger partial charge in [0, 0.05) is 21.6 Å². The molecule has 0 saturated carbocycles. The minimum atomic E-state index is 0.539. The molecule has 0 spiro atoms. The summed E-state index contributed by atoms with van der Waals surface area (Å²) in [6.45, 7) is 0. The summed E-state index contributed by atoms with van der Waals surface area (Å²) in [6, 6.07) is 15.9. The molecule has 0 bridgehead atoms. The van der Waals surface area contributed by atoms with Crippen molar-refractivity contribution >= 4 is 34.6 Å². The van der Waals surface area contributed by atoms with Gasteiger partial charge in [0.15, 0.2) is 0 Å². The highest BCUT2D eigenvalue weighted by Gasteiger charge is 2.23. The Bertz CT molecular complexity index is 1200. The Morgan fingerprint density at radius 3 is 2.45 bits per heavy atom. The van der Waals surface area contributed by atoms with Crippen molar-refractivity contribution < 1.29 is 0 Å². The molecule has 0 aromatic heterocycles. The topological polar surface area (TPSA) is 24.7 Å². The zero-order valence-electron chi connectivity index (χ0n) is 11.3. The Morgan fingerprint density at radius 1 is 0.682 bits per heavy atom. The van der Waals surface area contributed by atoms with Crippen LogP contribution in [0.25, 0.3) is 11.1 Å². The van der Waals surface area contributed by atoms with Crippen LogP contribution < -0.4 is 10.7 Å². The van der Waals surface area contributed by atoms with Gasteiger partial charge in [-0.2, -0.15) is 0 Å². The van der Waals surface area contributed by atoms with Gasteiger partial charge in [-0.25, -0.2) is 9.98 Å². The number of hydrogen-bond acceptors (Lipinski definition) is 2. The van der Waals surface area contributed by atoms with Crippen molar-refractivity contribution in [3.05, 3.63) is 79.7 Å². The van der Waals surface area contributed by atoms with Crippen molar-refractivity contribution in [2.75, 3.05) is 0 Å². The zero-order valence-corrected chi connectivity index (χ0v) is 12.8. The number of hydrogen-bond donors (Lipinski definition) is 0. The third kappa shape index (κ3) is 1.46. The van der Waals surface area contributed by atoms with Gasteiger partial charge in [0.05, 0.1) is 32.1 Å². The molecule has 0 saturated heterocycles. The molecule has 4 heteroatoms. The molecule has 0 fully saturated rings. The first-order valence-electron chi connectivity index (χ1n) is 6.92. The molecule has 104 valence electrons. The minimum Gasteiger partial charge on any atom is -0.248 e. The average Bonchev–Trinajstić information content (AvgIpc) is 3.09. The maximum atomic E-state index is 6.45. The number of rotatable bonds is 0. The third-order valence-corrected chi connectivity index (χ3v) is 4.95. The highest BCUT2D eigenvalue weighted by Crippen LogP contribution is 2.45. The van der Waals surface area contributed by atoms with E-state index in [4.69, 9.17) is 28.2 Å². The van der Waals surface area contributed by atoms with Gasteiger partial charge in [0.1, 0.15) is 0 Å². The van der Waals surface area contributed by atoms with E-state index in [0.717, 1.165) is 43.7 Å². The molecular weight excluding hydrogens is 315 g/mol. The van der Waals surface area contributed by atoms with Gasteiger partial charge < -0.3 is 0 Å². The molecule has 2 heterocycles. The fourth-order valence-corrected chi connectivity index (χ4v) is 3.59. The molecule has 0 radical (unpaired) electrons. The minimum absolute atomic E-state index is 0.539. The van der Waals surface area contributed by atoms with E-state index in [2.05, 4.69) is 17.1 Å². The highest BCUT2D eigenvalue weighted by molar-refractivity contribution is 6.44. The van der Waals surface area contributed by atoms with Crippen molar-refractivity contribution in [1.29, 1.82) is 0 Å². The van der Waals surface area contributed by atoms with E-state index in [1.807, 2.05) is 30.3 Å². The van der Waals surface area contributed by atoms with E-state index in [9.17, 15) is 0 Å². The second-order valence-corrected chi connectivity index (χ2v) is 6.14. The van der Waals surface area contributed by atoms with Gasteiger partial charge in [-0.15, -0.1) is 0 Å². The number of halogens is 2. The summed E-state index contributed by atoms with van der Waals surface area (Å²) in [6.07, 6.45) is 0. The van der Waals surface area contributed by atoms with Crippen molar-refractivity contribution in [2.24, 2.45) is 9.98 Å². The van der Waals surface area contributed by atoms with Gasteiger partial charge in [-0.05, 0) is 30.3 Å². The summed E-state index contributed by atoms with van der Waals surface area (Å²) in [5, 5.41) is 5.23. The monoisotopic (exact) mass is 322 g/mol. The van der Waals surface area contributed by atoms with Crippen molar-refractivity contribution in [2.45, 2.75) is 0 Å². The molecule has 5 rings (SSSR count). The van der Waals surface area contributed by atoms with Crippen molar-refractivity contribution in [3.8, 4) is 11.1 Å². The van der Waals surface area contributed by atoms with Crippen LogP contribution in [0.1, 0.15) is 0 Å². The Balaban J connectivity index is 2.01. The Kier molecular flexibility index (Phi) is 2.36. The maximum absolute atomic E-state index is 6.45. The fraction of sp³-hybridized carbons (Fsp3) is 0. The predicted octanol–water partition coefficient (Wildman–Crippen LogP) is 4.48. The van der Waals surface area contributed by atoms with E-state index in [1.165, 1.54) is 0 Å². The van der Waals surface area contributed by atoms with Gasteiger partial charge in [-0.3, -0.25) is 0 Å². The molecule has 2 aliphatic heterocycles. The van der Waals surface area contributed by atoms with E-state index in [0.29, 0.717) is 10.0 Å². The summed E-state index contributed by atoms with van der Waals surface area (Å²) < 4.78 is 0. The SMILES string of the molecule is Clc1ccc2c(c1Cl)-c1c3c(ccc1=N2)=c1ccccc1=N3. The first-order chi connectivity index (χ1) is 10.7. The lowest BCUT2D eigenvalue weighted by atomic mass is 10.0. The molecule has 3 aromatic rings. The first-order valence-corrected chi connectivity index (χ1v) is 7.68. The normalized spacial score (nSPS) is 12.8. The molecule has 0 unspecified atom stereocenters. The van der Waals surface area contributed by atoms with Gasteiger partial charge in [0.2, 0.25) is 0 Å². The lowest BCUT2D eigenvalue weighted by molar-refractivity contribution is 1.36. The van der Waals surface area contributed by atoms with Crippen LogP contribution in [0.5, 0.6) is 0 Å². The van der Waals surface area contributed by atoms with Gasteiger partial charge in [0.25, 0.3) is 0 Å². The van der Waals surface area contributed by atoms with E-state index in [1.54, 1.807) is 6.07 Å². The number of benzene rings is 3. The van der Waals surface area contributed by atoms with Crippen LogP contribution in [0.2, 0.25) is 10.0 Å². The van der Waals surface area contributed by atoms with Crippen LogP contribution in [0.15, 0.2) is 58.5 Å². The second-order valence-electron chi connectivity index (χ2n) is 5.35. The average molecular weight is 323 g/mol. The standard InChI is InChI=1S/C18H8Cl2N2/c19-11-6-8-13-15(17(11)20)16-14(21-13)7-5-10-9-3-1-2-4-12(9)22-18(10)16/h1-8H. The third-order valence-electron chi connectivity index (χ3n) is 4.15. The molecule has 0 atom stereocenters. The summed E-state index contributed by atoms with van der Waals surface area (Å²) in [4.78, 5) is 9.45. The van der Waals surface area contributed by atoms with Crippen LogP contribution in [-0.4, -0.2) is 0 Å². The maximum Gasteiger partial charge on any atom is 0.0817 e. The van der Waals surface area contributed by atoms with Crippen LogP contribution in [0.4, 0.5) is 11.4 Å². The lowest BCUT2D eigenvalue weighted by Crippen LogP contribution is -2.00. The fourth-order valence-electron chi connectivity index (χ4n) is 3.17. The van der Waals surface area contributed by atoms with Gasteiger partial charge >= 0.3 is 0 Å². The van der Waals surface area contributed by atoms with E-state index < -0.39 is 0 Å². The first kappa shape index (κ1) is 12.4. The Labute approximate surface area is 135 Å². The van der Waals surface area contributed by atoms with Crippen LogP contribution in [-0.2, 0) is 0 Å². The molecule has 2 nitrogen and oxygen atoms in total. The van der Waals surface area contributed by atoms with Crippen LogP contribution in [0.3, 0.4) is 0 Å². The number of nitrogens with zero attached hydrogens (tertiary/aromatic N) is 2. The number of para-hydroxylation sites is 1. The van der Waals surface area contributed by atoms with Crippen LogP contribution >= 0.6 is 23.2 Å². The second kappa shape index (κ2) is 4.19. The summed E-state index contributed by atoms with van der Waals surface area (Å²) in [5.41, 5.74) is 3.66. The lowest BCUT2D eigenvalue weighted by Gasteiger charge is -2.06. The highest BCUT2D eigenvalue weighted by atomic mass is 35.5. The quantitative estimate of drug-likeness (QED) is 0.401. The van der Waals surface area contributed by atoms with Crippen LogP contribution in [0, 0.1) is 10.4 Å². The van der Waals surface area contributed by atoms with Crippen molar-refractivity contribution in [3.63, 3.8) is 0 Å². The van der Waals surface area contributed by atoms with Gasteiger partial charge in [-0.1, -0.05) is 41.4 Å². The summed E-state index contributed by atoms with van der Waals surface area (Å²) >= 11 is 12.6. The van der Waals surface area contributed by atoms with Crippen molar-refractivity contribution in [1.82, 2.24) is 0 Å². The van der Waals surface area contributed by atoms with E-state index in [-0.39, 0.29) is 0 Å². The van der Waals surface area contributed by atoms with E-state index >= 15 is 0 Å². The number of fused-ring (bicyclic) bond motifs is 6. The molecule has 2 aliphatic rings. The molecule has 0 amide bonds.